The molecule has 2 fully saturated rings. The zero-order valence-corrected chi connectivity index (χ0v) is 10.1. The molecule has 1 N–H and O–H groups in total. The van der Waals surface area contributed by atoms with Gasteiger partial charge >= 0.3 is 0 Å². The summed E-state index contributed by atoms with van der Waals surface area (Å²) in [5.41, 5.74) is 0. The molecule has 6 heteroatoms. The van der Waals surface area contributed by atoms with Crippen LogP contribution in [0.25, 0.3) is 0 Å². The number of nitrogens with zero attached hydrogens (tertiary/aromatic N) is 3. The zero-order chi connectivity index (χ0) is 11.8. The first-order valence-corrected chi connectivity index (χ1v) is 6.29. The molecular weight excluding hydrogens is 243 g/mol. The van der Waals surface area contributed by atoms with Crippen molar-refractivity contribution in [2.24, 2.45) is 0 Å². The average molecular weight is 257 g/mol. The summed E-state index contributed by atoms with van der Waals surface area (Å²) in [7, 11) is 0. The van der Waals surface area contributed by atoms with E-state index in [4.69, 9.17) is 11.6 Å². The second kappa shape index (κ2) is 4.38. The number of rotatable bonds is 3. The highest BCUT2D eigenvalue weighted by molar-refractivity contribution is 6.28. The standard InChI is InChI=1S/C11H14ClFN4/c12-11-14-5-9(13)10(16-11)15-7-3-4-17(6-7)8-1-2-8/h5,7-8H,1-4,6H2,(H,14,15,16). The lowest BCUT2D eigenvalue weighted by atomic mass is 10.2. The molecule has 92 valence electrons. The Morgan fingerprint density at radius 1 is 1.41 bits per heavy atom. The Balaban J connectivity index is 1.64. The largest absolute Gasteiger partial charge is 0.363 e. The summed E-state index contributed by atoms with van der Waals surface area (Å²) in [6.07, 6.45) is 4.74. The lowest BCUT2D eigenvalue weighted by Gasteiger charge is -2.16. The van der Waals surface area contributed by atoms with Gasteiger partial charge in [-0.3, -0.25) is 4.90 Å². The van der Waals surface area contributed by atoms with Crippen molar-refractivity contribution in [1.29, 1.82) is 0 Å². The summed E-state index contributed by atoms with van der Waals surface area (Å²) in [6.45, 7) is 2.05. The highest BCUT2D eigenvalue weighted by Crippen LogP contribution is 2.30. The van der Waals surface area contributed by atoms with Gasteiger partial charge in [0.25, 0.3) is 0 Å². The number of hydrogen-bond donors (Lipinski definition) is 1. The topological polar surface area (TPSA) is 41.1 Å². The Hall–Kier alpha value is -0.940. The number of likely N-dealkylation sites (tertiary alicyclic amines) is 1. The summed E-state index contributed by atoms with van der Waals surface area (Å²) in [5, 5.41) is 3.19. The van der Waals surface area contributed by atoms with Crippen molar-refractivity contribution in [1.82, 2.24) is 14.9 Å². The van der Waals surface area contributed by atoms with Crippen LogP contribution in [0, 0.1) is 5.82 Å². The zero-order valence-electron chi connectivity index (χ0n) is 9.37. The van der Waals surface area contributed by atoms with Crippen LogP contribution in [0.5, 0.6) is 0 Å². The summed E-state index contributed by atoms with van der Waals surface area (Å²) < 4.78 is 13.4. The Morgan fingerprint density at radius 2 is 2.24 bits per heavy atom. The molecule has 0 spiro atoms. The summed E-state index contributed by atoms with van der Waals surface area (Å²) in [6, 6.07) is 1.02. The third-order valence-corrected chi connectivity index (χ3v) is 3.52. The fraction of sp³-hybridized carbons (Fsp3) is 0.636. The third-order valence-electron chi connectivity index (χ3n) is 3.34. The van der Waals surface area contributed by atoms with Gasteiger partial charge in [-0.15, -0.1) is 0 Å². The van der Waals surface area contributed by atoms with Crippen LogP contribution in [0.1, 0.15) is 19.3 Å². The minimum atomic E-state index is -0.445. The molecule has 2 aliphatic rings. The second-order valence-corrected chi connectivity index (χ2v) is 5.03. The predicted octanol–water partition coefficient (Wildman–Crippen LogP) is 1.92. The summed E-state index contributed by atoms with van der Waals surface area (Å²) >= 11 is 5.65. The summed E-state index contributed by atoms with van der Waals surface area (Å²) in [5.74, 6) is -0.230. The summed E-state index contributed by atoms with van der Waals surface area (Å²) in [4.78, 5) is 9.92. The Bertz CT molecular complexity index is 424. The van der Waals surface area contributed by atoms with Gasteiger partial charge in [0.15, 0.2) is 11.6 Å². The van der Waals surface area contributed by atoms with Gasteiger partial charge < -0.3 is 5.32 Å². The first-order valence-electron chi connectivity index (χ1n) is 5.91. The molecule has 1 saturated carbocycles. The predicted molar refractivity (Wildman–Crippen MR) is 63.6 cm³/mol. The Morgan fingerprint density at radius 3 is 3.00 bits per heavy atom. The van der Waals surface area contributed by atoms with Gasteiger partial charge in [-0.05, 0) is 30.9 Å². The van der Waals surface area contributed by atoms with Gasteiger partial charge in [0.1, 0.15) is 0 Å². The van der Waals surface area contributed by atoms with Crippen LogP contribution in [0.15, 0.2) is 6.20 Å². The smallest absolute Gasteiger partial charge is 0.224 e. The van der Waals surface area contributed by atoms with Crippen LogP contribution in [0.4, 0.5) is 10.2 Å². The quantitative estimate of drug-likeness (QED) is 0.839. The molecule has 17 heavy (non-hydrogen) atoms. The molecular formula is C11H14ClFN4. The molecule has 1 aromatic rings. The van der Waals surface area contributed by atoms with Crippen molar-refractivity contribution in [3.05, 3.63) is 17.3 Å². The molecule has 2 heterocycles. The lowest BCUT2D eigenvalue weighted by Crippen LogP contribution is -2.28. The monoisotopic (exact) mass is 256 g/mol. The van der Waals surface area contributed by atoms with Gasteiger partial charge in [-0.1, -0.05) is 0 Å². The first-order chi connectivity index (χ1) is 8.22. The molecule has 1 aromatic heterocycles. The van der Waals surface area contributed by atoms with E-state index in [-0.39, 0.29) is 17.1 Å². The fourth-order valence-corrected chi connectivity index (χ4v) is 2.45. The van der Waals surface area contributed by atoms with E-state index < -0.39 is 5.82 Å². The van der Waals surface area contributed by atoms with Crippen LogP contribution < -0.4 is 5.32 Å². The second-order valence-electron chi connectivity index (χ2n) is 4.69. The van der Waals surface area contributed by atoms with Gasteiger partial charge in [-0.2, -0.15) is 4.98 Å². The number of halogens is 2. The molecule has 0 amide bonds. The number of aromatic nitrogens is 2. The first kappa shape index (κ1) is 11.2. The molecule has 4 nitrogen and oxygen atoms in total. The molecule has 3 rings (SSSR count). The van der Waals surface area contributed by atoms with Crippen LogP contribution in [-0.4, -0.2) is 40.0 Å². The van der Waals surface area contributed by atoms with Crippen LogP contribution in [0.3, 0.4) is 0 Å². The van der Waals surface area contributed by atoms with E-state index in [2.05, 4.69) is 20.2 Å². The Labute approximate surface area is 104 Å². The van der Waals surface area contributed by atoms with E-state index >= 15 is 0 Å². The van der Waals surface area contributed by atoms with Gasteiger partial charge in [0.2, 0.25) is 5.28 Å². The van der Waals surface area contributed by atoms with Gasteiger partial charge in [0.05, 0.1) is 6.20 Å². The van der Waals surface area contributed by atoms with Gasteiger partial charge in [-0.25, -0.2) is 9.37 Å². The number of nitrogens with one attached hydrogen (secondary N) is 1. The third kappa shape index (κ3) is 2.50. The molecule has 1 saturated heterocycles. The minimum absolute atomic E-state index is 0.0749. The molecule has 1 aliphatic carbocycles. The fourth-order valence-electron chi connectivity index (χ4n) is 2.32. The molecule has 0 aromatic carbocycles. The minimum Gasteiger partial charge on any atom is -0.363 e. The normalized spacial score (nSPS) is 25.2. The number of anilines is 1. The lowest BCUT2D eigenvalue weighted by molar-refractivity contribution is 0.326. The molecule has 1 aliphatic heterocycles. The maximum Gasteiger partial charge on any atom is 0.224 e. The van der Waals surface area contributed by atoms with Crippen molar-refractivity contribution in [2.75, 3.05) is 18.4 Å². The van der Waals surface area contributed by atoms with Crippen molar-refractivity contribution in [3.63, 3.8) is 0 Å². The van der Waals surface area contributed by atoms with E-state index in [1.807, 2.05) is 0 Å². The average Bonchev–Trinajstić information content (AvgIpc) is 3.05. The van der Waals surface area contributed by atoms with Crippen molar-refractivity contribution < 1.29 is 4.39 Å². The van der Waals surface area contributed by atoms with Crippen LogP contribution in [-0.2, 0) is 0 Å². The Kier molecular flexibility index (Phi) is 2.88. The highest BCUT2D eigenvalue weighted by atomic mass is 35.5. The molecule has 1 unspecified atom stereocenters. The van der Waals surface area contributed by atoms with E-state index in [1.54, 1.807) is 0 Å². The molecule has 0 radical (unpaired) electrons. The molecule has 0 bridgehead atoms. The van der Waals surface area contributed by atoms with Crippen LogP contribution >= 0.6 is 11.6 Å². The van der Waals surface area contributed by atoms with Crippen molar-refractivity contribution >= 4 is 17.4 Å². The maximum atomic E-state index is 13.4. The van der Waals surface area contributed by atoms with E-state index in [0.717, 1.165) is 31.7 Å². The van der Waals surface area contributed by atoms with Gasteiger partial charge in [0, 0.05) is 25.2 Å². The van der Waals surface area contributed by atoms with Crippen molar-refractivity contribution in [3.8, 4) is 0 Å². The van der Waals surface area contributed by atoms with E-state index in [0.29, 0.717) is 0 Å². The van der Waals surface area contributed by atoms with E-state index in [1.165, 1.54) is 12.8 Å². The van der Waals surface area contributed by atoms with E-state index in [9.17, 15) is 4.39 Å². The SMILES string of the molecule is Fc1cnc(Cl)nc1NC1CCN(C2CC2)C1. The maximum absolute atomic E-state index is 13.4. The van der Waals surface area contributed by atoms with Crippen molar-refractivity contribution in [2.45, 2.75) is 31.3 Å². The molecule has 1 atom stereocenters. The number of hydrogen-bond acceptors (Lipinski definition) is 4. The highest BCUT2D eigenvalue weighted by Gasteiger charge is 2.34. The van der Waals surface area contributed by atoms with Crippen LogP contribution in [0.2, 0.25) is 5.28 Å².